The highest BCUT2D eigenvalue weighted by molar-refractivity contribution is 5.50. The van der Waals surface area contributed by atoms with Gasteiger partial charge in [-0.15, -0.1) is 15.3 Å². The van der Waals surface area contributed by atoms with Gasteiger partial charge in [0, 0.05) is 43.7 Å². The predicted molar refractivity (Wildman–Crippen MR) is 93.4 cm³/mol. The molecule has 2 aliphatic heterocycles. The van der Waals surface area contributed by atoms with Crippen molar-refractivity contribution in [2.75, 3.05) is 36.0 Å². The van der Waals surface area contributed by atoms with E-state index in [1.807, 2.05) is 17.5 Å². The quantitative estimate of drug-likeness (QED) is 0.723. The molecule has 2 fully saturated rings. The summed E-state index contributed by atoms with van der Waals surface area (Å²) < 4.78 is 1.83. The third kappa shape index (κ3) is 2.13. The molecule has 0 aliphatic carbocycles. The highest BCUT2D eigenvalue weighted by Gasteiger charge is 2.40. The maximum absolute atomic E-state index is 4.73. The summed E-state index contributed by atoms with van der Waals surface area (Å²) in [4.78, 5) is 4.93. The van der Waals surface area contributed by atoms with Crippen LogP contribution in [0.1, 0.15) is 5.82 Å². The van der Waals surface area contributed by atoms with Gasteiger partial charge in [-0.2, -0.15) is 4.52 Å². The summed E-state index contributed by atoms with van der Waals surface area (Å²) >= 11 is 0. The predicted octanol–water partition coefficient (Wildman–Crippen LogP) is 2.01. The monoisotopic (exact) mass is 320 g/mol. The van der Waals surface area contributed by atoms with Gasteiger partial charge in [-0.1, -0.05) is 18.2 Å². The molecule has 2 unspecified atom stereocenters. The Morgan fingerprint density at radius 2 is 1.54 bits per heavy atom. The van der Waals surface area contributed by atoms with E-state index < -0.39 is 0 Å². The average Bonchev–Trinajstić information content (AvgIpc) is 3.29. The van der Waals surface area contributed by atoms with Crippen LogP contribution in [0.4, 0.5) is 11.5 Å². The zero-order valence-corrected chi connectivity index (χ0v) is 13.7. The highest BCUT2D eigenvalue weighted by atomic mass is 15.4. The molecule has 1 aromatic carbocycles. The number of nitrogens with zero attached hydrogens (tertiary/aromatic N) is 6. The Bertz CT molecular complexity index is 860. The lowest BCUT2D eigenvalue weighted by Crippen LogP contribution is -2.29. The SMILES string of the molecule is Cc1nnc2ccc(N3CC4CN(c5ccccc5)CC4C3)nn12. The van der Waals surface area contributed by atoms with Crippen LogP contribution in [-0.4, -0.2) is 46.0 Å². The van der Waals surface area contributed by atoms with Crippen molar-refractivity contribution in [3.63, 3.8) is 0 Å². The third-order valence-electron chi connectivity index (χ3n) is 5.34. The summed E-state index contributed by atoms with van der Waals surface area (Å²) in [5.41, 5.74) is 2.16. The fourth-order valence-corrected chi connectivity index (χ4v) is 4.08. The second-order valence-electron chi connectivity index (χ2n) is 6.87. The Kier molecular flexibility index (Phi) is 2.98. The summed E-state index contributed by atoms with van der Waals surface area (Å²) in [6.07, 6.45) is 0. The molecule has 122 valence electrons. The van der Waals surface area contributed by atoms with Crippen molar-refractivity contribution in [1.29, 1.82) is 0 Å². The summed E-state index contributed by atoms with van der Waals surface area (Å²) in [6.45, 7) is 6.37. The normalized spacial score (nSPS) is 23.2. The van der Waals surface area contributed by atoms with Gasteiger partial charge >= 0.3 is 0 Å². The van der Waals surface area contributed by atoms with E-state index in [1.165, 1.54) is 5.69 Å². The topological polar surface area (TPSA) is 49.6 Å². The van der Waals surface area contributed by atoms with E-state index in [2.05, 4.69) is 56.4 Å². The van der Waals surface area contributed by atoms with Crippen LogP contribution >= 0.6 is 0 Å². The Hall–Kier alpha value is -2.63. The first-order valence-electron chi connectivity index (χ1n) is 8.52. The van der Waals surface area contributed by atoms with E-state index in [0.29, 0.717) is 11.8 Å². The van der Waals surface area contributed by atoms with Crippen LogP contribution < -0.4 is 9.80 Å². The number of fused-ring (bicyclic) bond motifs is 2. The lowest BCUT2D eigenvalue weighted by atomic mass is 10.0. The van der Waals surface area contributed by atoms with Gasteiger partial charge in [-0.3, -0.25) is 0 Å². The Morgan fingerprint density at radius 3 is 2.29 bits per heavy atom. The summed E-state index contributed by atoms with van der Waals surface area (Å²) in [6, 6.07) is 14.8. The van der Waals surface area contributed by atoms with Gasteiger partial charge in [0.05, 0.1) is 0 Å². The number of rotatable bonds is 2. The van der Waals surface area contributed by atoms with Crippen molar-refractivity contribution in [1.82, 2.24) is 19.8 Å². The second kappa shape index (κ2) is 5.19. The Balaban J connectivity index is 1.34. The molecule has 0 amide bonds. The molecule has 2 saturated heterocycles. The van der Waals surface area contributed by atoms with E-state index in [0.717, 1.165) is 43.5 Å². The zero-order valence-electron chi connectivity index (χ0n) is 13.7. The highest BCUT2D eigenvalue weighted by Crippen LogP contribution is 2.35. The van der Waals surface area contributed by atoms with Gasteiger partial charge in [0.1, 0.15) is 5.82 Å². The lowest BCUT2D eigenvalue weighted by Gasteiger charge is -2.23. The van der Waals surface area contributed by atoms with Crippen LogP contribution in [0.15, 0.2) is 42.5 Å². The molecule has 6 heteroatoms. The first kappa shape index (κ1) is 13.8. The van der Waals surface area contributed by atoms with Crippen LogP contribution in [0, 0.1) is 18.8 Å². The lowest BCUT2D eigenvalue weighted by molar-refractivity contribution is 0.533. The van der Waals surface area contributed by atoms with Gasteiger partial charge in [-0.25, -0.2) is 0 Å². The van der Waals surface area contributed by atoms with Gasteiger partial charge in [0.15, 0.2) is 11.5 Å². The molecule has 24 heavy (non-hydrogen) atoms. The molecular weight excluding hydrogens is 300 g/mol. The smallest absolute Gasteiger partial charge is 0.178 e. The van der Waals surface area contributed by atoms with E-state index in [4.69, 9.17) is 5.10 Å². The molecule has 6 nitrogen and oxygen atoms in total. The molecule has 0 saturated carbocycles. The fourth-order valence-electron chi connectivity index (χ4n) is 4.08. The number of anilines is 2. The molecule has 4 heterocycles. The van der Waals surface area contributed by atoms with Gasteiger partial charge < -0.3 is 9.80 Å². The van der Waals surface area contributed by atoms with Gasteiger partial charge in [0.2, 0.25) is 0 Å². The molecule has 3 aromatic rings. The molecule has 0 N–H and O–H groups in total. The van der Waals surface area contributed by atoms with Crippen LogP contribution in [0.2, 0.25) is 0 Å². The molecule has 0 bridgehead atoms. The summed E-state index contributed by atoms with van der Waals surface area (Å²) in [5.74, 6) is 3.29. The summed E-state index contributed by atoms with van der Waals surface area (Å²) in [5, 5.41) is 12.9. The minimum Gasteiger partial charge on any atom is -0.371 e. The number of benzene rings is 1. The van der Waals surface area contributed by atoms with Gasteiger partial charge in [-0.05, 0) is 31.2 Å². The molecule has 0 spiro atoms. The zero-order chi connectivity index (χ0) is 16.1. The van der Waals surface area contributed by atoms with E-state index in [9.17, 15) is 0 Å². The van der Waals surface area contributed by atoms with Crippen LogP contribution in [0.5, 0.6) is 0 Å². The molecular formula is C18H20N6. The number of hydrogen-bond acceptors (Lipinski definition) is 5. The van der Waals surface area contributed by atoms with E-state index >= 15 is 0 Å². The van der Waals surface area contributed by atoms with Crippen LogP contribution in [0.3, 0.4) is 0 Å². The molecule has 2 atom stereocenters. The van der Waals surface area contributed by atoms with Crippen molar-refractivity contribution in [2.24, 2.45) is 11.8 Å². The molecule has 0 radical (unpaired) electrons. The third-order valence-corrected chi connectivity index (χ3v) is 5.34. The van der Waals surface area contributed by atoms with Crippen LogP contribution in [-0.2, 0) is 0 Å². The van der Waals surface area contributed by atoms with E-state index in [-0.39, 0.29) is 0 Å². The van der Waals surface area contributed by atoms with Crippen LogP contribution in [0.25, 0.3) is 5.65 Å². The molecule has 2 aliphatic rings. The number of hydrogen-bond donors (Lipinski definition) is 0. The molecule has 5 rings (SSSR count). The van der Waals surface area contributed by atoms with Gasteiger partial charge in [0.25, 0.3) is 0 Å². The van der Waals surface area contributed by atoms with Crippen molar-refractivity contribution in [3.8, 4) is 0 Å². The number of aromatic nitrogens is 4. The first-order chi connectivity index (χ1) is 11.8. The molecule has 2 aromatic heterocycles. The largest absolute Gasteiger partial charge is 0.371 e. The van der Waals surface area contributed by atoms with E-state index in [1.54, 1.807) is 0 Å². The van der Waals surface area contributed by atoms with Crippen molar-refractivity contribution in [2.45, 2.75) is 6.92 Å². The van der Waals surface area contributed by atoms with Crippen molar-refractivity contribution in [3.05, 3.63) is 48.3 Å². The summed E-state index contributed by atoms with van der Waals surface area (Å²) in [7, 11) is 0. The second-order valence-corrected chi connectivity index (χ2v) is 6.87. The standard InChI is InChI=1S/C18H20N6/c1-13-19-20-17-7-8-18(21-24(13)17)23-11-14-9-22(10-15(14)12-23)16-5-3-2-4-6-16/h2-8,14-15H,9-12H2,1H3. The Morgan fingerprint density at radius 1 is 0.833 bits per heavy atom. The van der Waals surface area contributed by atoms with Crippen molar-refractivity contribution >= 4 is 17.2 Å². The maximum atomic E-state index is 4.73. The number of para-hydroxylation sites is 1. The maximum Gasteiger partial charge on any atom is 0.178 e. The number of aryl methyl sites for hydroxylation is 1. The first-order valence-corrected chi connectivity index (χ1v) is 8.52. The fraction of sp³-hybridized carbons (Fsp3) is 0.389. The van der Waals surface area contributed by atoms with Crippen molar-refractivity contribution < 1.29 is 0 Å². The minimum atomic E-state index is 0.713. The minimum absolute atomic E-state index is 0.713. The Labute approximate surface area is 140 Å². The average molecular weight is 320 g/mol.